The van der Waals surface area contributed by atoms with Crippen LogP contribution in [0.5, 0.6) is 0 Å². The number of nitrogens with two attached hydrogens (primary N) is 1. The lowest BCUT2D eigenvalue weighted by Gasteiger charge is -2.11. The summed E-state index contributed by atoms with van der Waals surface area (Å²) in [6, 6.07) is 5.14. The van der Waals surface area contributed by atoms with Gasteiger partial charge in [0, 0.05) is 12.1 Å². The number of benzene rings is 1. The molecule has 5 heteroatoms. The highest BCUT2D eigenvalue weighted by atomic mass is 16.6. The van der Waals surface area contributed by atoms with Crippen molar-refractivity contribution in [1.82, 2.24) is 0 Å². The molecule has 0 bridgehead atoms. The van der Waals surface area contributed by atoms with Crippen LogP contribution in [0.4, 0.5) is 5.69 Å². The van der Waals surface area contributed by atoms with Crippen LogP contribution >= 0.6 is 0 Å². The Kier molecular flexibility index (Phi) is 2.99. The van der Waals surface area contributed by atoms with Crippen molar-refractivity contribution in [3.05, 3.63) is 29.3 Å². The maximum Gasteiger partial charge on any atom is 0.347 e. The molecule has 90 valence electrons. The minimum absolute atomic E-state index is 0.292. The Hall–Kier alpha value is -2.04. The van der Waals surface area contributed by atoms with E-state index in [1.165, 1.54) is 0 Å². The molecule has 1 atom stereocenters. The zero-order chi connectivity index (χ0) is 12.4. The molecule has 0 spiro atoms. The summed E-state index contributed by atoms with van der Waals surface area (Å²) >= 11 is 0. The van der Waals surface area contributed by atoms with Crippen molar-refractivity contribution in [2.24, 2.45) is 0 Å². The Morgan fingerprint density at radius 1 is 1.53 bits per heavy atom. The van der Waals surface area contributed by atoms with Crippen molar-refractivity contribution in [1.29, 1.82) is 0 Å². The van der Waals surface area contributed by atoms with Crippen molar-refractivity contribution < 1.29 is 19.1 Å². The first-order chi connectivity index (χ1) is 8.09. The van der Waals surface area contributed by atoms with Gasteiger partial charge < -0.3 is 15.2 Å². The van der Waals surface area contributed by atoms with Gasteiger partial charge in [-0.2, -0.15) is 0 Å². The number of hydrogen-bond donors (Lipinski definition) is 1. The third kappa shape index (κ3) is 2.22. The summed E-state index contributed by atoms with van der Waals surface area (Å²) in [7, 11) is 0. The van der Waals surface area contributed by atoms with Crippen LogP contribution in [-0.4, -0.2) is 24.6 Å². The largest absolute Gasteiger partial charge is 0.463 e. The fourth-order valence-electron chi connectivity index (χ4n) is 1.74. The van der Waals surface area contributed by atoms with E-state index in [0.29, 0.717) is 24.3 Å². The highest BCUT2D eigenvalue weighted by Gasteiger charge is 2.31. The highest BCUT2D eigenvalue weighted by Crippen LogP contribution is 2.20. The van der Waals surface area contributed by atoms with E-state index in [2.05, 4.69) is 0 Å². The van der Waals surface area contributed by atoms with E-state index >= 15 is 0 Å². The number of ether oxygens (including phenoxy) is 2. The number of esters is 2. The van der Waals surface area contributed by atoms with Gasteiger partial charge in [0.1, 0.15) is 0 Å². The van der Waals surface area contributed by atoms with E-state index in [-0.39, 0.29) is 0 Å². The molecule has 0 saturated carbocycles. The van der Waals surface area contributed by atoms with Crippen molar-refractivity contribution in [2.75, 3.05) is 12.3 Å². The summed E-state index contributed by atoms with van der Waals surface area (Å²) in [4.78, 5) is 23.1. The Morgan fingerprint density at radius 2 is 2.29 bits per heavy atom. The predicted octanol–water partition coefficient (Wildman–Crippen LogP) is 1.05. The van der Waals surface area contributed by atoms with E-state index in [4.69, 9.17) is 15.2 Å². The maximum atomic E-state index is 11.9. The first-order valence-corrected chi connectivity index (χ1v) is 5.32. The maximum absolute atomic E-state index is 11.9. The zero-order valence-electron chi connectivity index (χ0n) is 9.43. The lowest BCUT2D eigenvalue weighted by atomic mass is 10.1. The zero-order valence-corrected chi connectivity index (χ0v) is 9.43. The topological polar surface area (TPSA) is 78.6 Å². The van der Waals surface area contributed by atoms with Gasteiger partial charge in [0.15, 0.2) is 0 Å². The number of carbonyl (C=O) groups excluding carboxylic acids is 2. The molecule has 0 aliphatic carbocycles. The molecule has 1 aliphatic rings. The molecule has 2 rings (SSSR count). The van der Waals surface area contributed by atoms with Gasteiger partial charge >= 0.3 is 11.9 Å². The molecule has 1 aromatic rings. The fraction of sp³-hybridized carbons (Fsp3) is 0.333. The molecule has 1 aliphatic heterocycles. The summed E-state index contributed by atoms with van der Waals surface area (Å²) in [6.45, 7) is 2.06. The third-order valence-electron chi connectivity index (χ3n) is 2.65. The van der Waals surface area contributed by atoms with E-state index in [0.717, 1.165) is 5.56 Å². The van der Waals surface area contributed by atoms with Crippen LogP contribution in [-0.2, 0) is 14.3 Å². The monoisotopic (exact) mass is 235 g/mol. The average molecular weight is 235 g/mol. The quantitative estimate of drug-likeness (QED) is 0.612. The van der Waals surface area contributed by atoms with Crippen molar-refractivity contribution in [2.45, 2.75) is 19.4 Å². The minimum Gasteiger partial charge on any atom is -0.463 e. The molecule has 17 heavy (non-hydrogen) atoms. The molecule has 2 N–H and O–H groups in total. The second kappa shape index (κ2) is 4.45. The van der Waals surface area contributed by atoms with Crippen molar-refractivity contribution in [3.63, 3.8) is 0 Å². The van der Waals surface area contributed by atoms with E-state index < -0.39 is 18.0 Å². The molecular formula is C12H13NO4. The average Bonchev–Trinajstić information content (AvgIpc) is 2.64. The molecule has 0 radical (unpaired) electrons. The molecule has 1 heterocycles. The Balaban J connectivity index is 2.17. The first kappa shape index (κ1) is 11.4. The number of rotatable bonds is 2. The van der Waals surface area contributed by atoms with E-state index in [9.17, 15) is 9.59 Å². The van der Waals surface area contributed by atoms with Crippen LogP contribution < -0.4 is 5.73 Å². The van der Waals surface area contributed by atoms with Crippen LogP contribution in [0.3, 0.4) is 0 Å². The van der Waals surface area contributed by atoms with Gasteiger partial charge in [-0.25, -0.2) is 9.59 Å². The first-order valence-electron chi connectivity index (χ1n) is 5.32. The standard InChI is InChI=1S/C12H13NO4/c1-7-3-2-4-8(13)10(7)12(15)17-9-5-6-16-11(9)14/h2-4,9H,5-6,13H2,1H3. The van der Waals surface area contributed by atoms with Gasteiger partial charge in [-0.15, -0.1) is 0 Å². The molecule has 0 aromatic heterocycles. The summed E-state index contributed by atoms with van der Waals surface area (Å²) in [5.74, 6) is -1.07. The van der Waals surface area contributed by atoms with Gasteiger partial charge in [0.05, 0.1) is 12.2 Å². The number of nitrogen functional groups attached to an aromatic ring is 1. The van der Waals surface area contributed by atoms with Gasteiger partial charge in [-0.3, -0.25) is 0 Å². The minimum atomic E-state index is -0.804. The number of anilines is 1. The van der Waals surface area contributed by atoms with Crippen LogP contribution in [0.15, 0.2) is 18.2 Å². The number of carbonyl (C=O) groups is 2. The summed E-state index contributed by atoms with van der Waals surface area (Å²) in [6.07, 6.45) is -0.405. The third-order valence-corrected chi connectivity index (χ3v) is 2.65. The van der Waals surface area contributed by atoms with Crippen molar-refractivity contribution >= 4 is 17.6 Å². The lowest BCUT2D eigenvalue weighted by molar-refractivity contribution is -0.145. The molecule has 1 aromatic carbocycles. The lowest BCUT2D eigenvalue weighted by Crippen LogP contribution is -2.23. The molecule has 0 amide bonds. The van der Waals surface area contributed by atoms with Crippen LogP contribution in [0.1, 0.15) is 22.3 Å². The number of hydrogen-bond acceptors (Lipinski definition) is 5. The van der Waals surface area contributed by atoms with Gasteiger partial charge in [0.2, 0.25) is 6.10 Å². The van der Waals surface area contributed by atoms with Gasteiger partial charge in [0.25, 0.3) is 0 Å². The SMILES string of the molecule is Cc1cccc(N)c1C(=O)OC1CCOC1=O. The Morgan fingerprint density at radius 3 is 2.88 bits per heavy atom. The number of cyclic esters (lactones) is 1. The van der Waals surface area contributed by atoms with E-state index in [1.807, 2.05) is 0 Å². The highest BCUT2D eigenvalue weighted by molar-refractivity contribution is 5.97. The summed E-state index contributed by atoms with van der Waals surface area (Å²) < 4.78 is 9.79. The van der Waals surface area contributed by atoms with Crippen LogP contribution in [0.25, 0.3) is 0 Å². The van der Waals surface area contributed by atoms with Gasteiger partial charge in [-0.1, -0.05) is 12.1 Å². The Labute approximate surface area is 98.5 Å². The molecule has 1 saturated heterocycles. The molecule has 1 unspecified atom stereocenters. The summed E-state index contributed by atoms with van der Waals surface area (Å²) in [5, 5.41) is 0. The Bertz CT molecular complexity index is 449. The molecular weight excluding hydrogens is 222 g/mol. The predicted molar refractivity (Wildman–Crippen MR) is 60.4 cm³/mol. The fourth-order valence-corrected chi connectivity index (χ4v) is 1.74. The summed E-state index contributed by atoms with van der Waals surface area (Å²) in [5.41, 5.74) is 7.10. The molecule has 5 nitrogen and oxygen atoms in total. The normalized spacial score (nSPS) is 18.9. The van der Waals surface area contributed by atoms with Crippen LogP contribution in [0.2, 0.25) is 0 Å². The second-order valence-electron chi connectivity index (χ2n) is 3.89. The van der Waals surface area contributed by atoms with E-state index in [1.54, 1.807) is 25.1 Å². The van der Waals surface area contributed by atoms with Crippen molar-refractivity contribution in [3.8, 4) is 0 Å². The smallest absolute Gasteiger partial charge is 0.347 e. The number of aryl methyl sites for hydroxylation is 1. The van der Waals surface area contributed by atoms with Gasteiger partial charge in [-0.05, 0) is 18.6 Å². The van der Waals surface area contributed by atoms with Crippen LogP contribution in [0, 0.1) is 6.92 Å². The second-order valence-corrected chi connectivity index (χ2v) is 3.89. The molecule has 1 fully saturated rings.